The molecule has 1 rings (SSSR count). The number of hydrogen-bond acceptors (Lipinski definition) is 4. The maximum absolute atomic E-state index is 13.7. The molecule has 0 heterocycles. The summed E-state index contributed by atoms with van der Waals surface area (Å²) >= 11 is 5.82. The molecule has 1 aromatic carbocycles. The maximum atomic E-state index is 13.7. The van der Waals surface area contributed by atoms with Crippen LogP contribution in [0.25, 0.3) is 0 Å². The van der Waals surface area contributed by atoms with E-state index >= 15 is 0 Å². The first-order valence-electron chi connectivity index (χ1n) is 6.01. The minimum Gasteiger partial charge on any atom is -0.271 e. The van der Waals surface area contributed by atoms with Gasteiger partial charge in [0, 0.05) is 22.4 Å². The molecule has 0 aliphatic carbocycles. The first-order valence-corrected chi connectivity index (χ1v) is 8.21. The van der Waals surface area contributed by atoms with E-state index in [2.05, 4.69) is 5.43 Å². The third kappa shape index (κ3) is 5.06. The minimum absolute atomic E-state index is 0.0733. The Kier molecular flexibility index (Phi) is 6.19. The van der Waals surface area contributed by atoms with Crippen molar-refractivity contribution in [2.24, 2.45) is 5.84 Å². The van der Waals surface area contributed by atoms with Gasteiger partial charge in [0.25, 0.3) is 0 Å². The van der Waals surface area contributed by atoms with E-state index in [1.807, 2.05) is 0 Å². The molecule has 7 heteroatoms. The van der Waals surface area contributed by atoms with E-state index in [-0.39, 0.29) is 11.5 Å². The van der Waals surface area contributed by atoms with Crippen LogP contribution in [0.5, 0.6) is 0 Å². The summed E-state index contributed by atoms with van der Waals surface area (Å²) in [5.41, 5.74) is 2.85. The van der Waals surface area contributed by atoms with Crippen LogP contribution in [-0.4, -0.2) is 19.9 Å². The Morgan fingerprint density at radius 1 is 1.47 bits per heavy atom. The summed E-state index contributed by atoms with van der Waals surface area (Å²) in [5, 5.41) is 0.415. The van der Waals surface area contributed by atoms with E-state index in [1.54, 1.807) is 6.92 Å². The molecule has 4 nitrogen and oxygen atoms in total. The van der Waals surface area contributed by atoms with Gasteiger partial charge in [-0.05, 0) is 31.0 Å². The van der Waals surface area contributed by atoms with Crippen LogP contribution in [0.2, 0.25) is 5.02 Å². The second-order valence-electron chi connectivity index (χ2n) is 4.26. The van der Waals surface area contributed by atoms with Crippen LogP contribution < -0.4 is 11.3 Å². The molecule has 0 fully saturated rings. The summed E-state index contributed by atoms with van der Waals surface area (Å²) in [6.45, 7) is 1.60. The van der Waals surface area contributed by atoms with E-state index in [4.69, 9.17) is 17.4 Å². The van der Waals surface area contributed by atoms with Crippen molar-refractivity contribution in [1.82, 2.24) is 5.43 Å². The predicted octanol–water partition coefficient (Wildman–Crippen LogP) is 2.20. The Morgan fingerprint density at radius 3 is 2.74 bits per heavy atom. The quantitative estimate of drug-likeness (QED) is 0.598. The standard InChI is InChI=1S/C12H18ClFN2O2S/c1-2-19(17,18)7-3-4-12(16-15)10-8-9(13)5-6-11(10)14/h5-6,8,12,16H,2-4,7,15H2,1H3. The molecule has 0 saturated heterocycles. The van der Waals surface area contributed by atoms with Crippen molar-refractivity contribution >= 4 is 21.4 Å². The summed E-state index contributed by atoms with van der Waals surface area (Å²) in [6, 6.07) is 3.77. The normalized spacial score (nSPS) is 13.5. The zero-order valence-electron chi connectivity index (χ0n) is 10.7. The zero-order chi connectivity index (χ0) is 14.5. The van der Waals surface area contributed by atoms with Gasteiger partial charge in [-0.1, -0.05) is 18.5 Å². The lowest BCUT2D eigenvalue weighted by Crippen LogP contribution is -2.29. The average molecular weight is 309 g/mol. The number of halogens is 2. The molecular weight excluding hydrogens is 291 g/mol. The number of rotatable bonds is 7. The Hall–Kier alpha value is -0.690. The van der Waals surface area contributed by atoms with Crippen LogP contribution in [0.4, 0.5) is 4.39 Å². The maximum Gasteiger partial charge on any atom is 0.150 e. The molecule has 0 aliphatic heterocycles. The molecule has 0 spiro atoms. The number of hydrogen-bond donors (Lipinski definition) is 2. The largest absolute Gasteiger partial charge is 0.271 e. The molecule has 0 bridgehead atoms. The number of nitrogens with one attached hydrogen (secondary N) is 1. The van der Waals surface area contributed by atoms with Crippen LogP contribution >= 0.6 is 11.6 Å². The third-order valence-electron chi connectivity index (χ3n) is 2.92. The molecule has 0 aromatic heterocycles. The second-order valence-corrected chi connectivity index (χ2v) is 7.17. The van der Waals surface area contributed by atoms with Gasteiger partial charge in [0.05, 0.1) is 5.75 Å². The lowest BCUT2D eigenvalue weighted by Gasteiger charge is -2.17. The van der Waals surface area contributed by atoms with Gasteiger partial charge in [-0.25, -0.2) is 12.8 Å². The first-order chi connectivity index (χ1) is 8.89. The van der Waals surface area contributed by atoms with E-state index < -0.39 is 21.7 Å². The molecule has 1 atom stereocenters. The SMILES string of the molecule is CCS(=O)(=O)CCCC(NN)c1cc(Cl)ccc1F. The van der Waals surface area contributed by atoms with Crippen molar-refractivity contribution in [2.75, 3.05) is 11.5 Å². The van der Waals surface area contributed by atoms with Crippen LogP contribution in [0.1, 0.15) is 31.4 Å². The highest BCUT2D eigenvalue weighted by molar-refractivity contribution is 7.91. The van der Waals surface area contributed by atoms with Gasteiger partial charge >= 0.3 is 0 Å². The Labute approximate surface area is 118 Å². The van der Waals surface area contributed by atoms with Crippen molar-refractivity contribution in [1.29, 1.82) is 0 Å². The zero-order valence-corrected chi connectivity index (χ0v) is 12.3. The van der Waals surface area contributed by atoms with E-state index in [1.165, 1.54) is 18.2 Å². The highest BCUT2D eigenvalue weighted by Crippen LogP contribution is 2.24. The third-order valence-corrected chi connectivity index (χ3v) is 4.95. The summed E-state index contributed by atoms with van der Waals surface area (Å²) in [4.78, 5) is 0. The van der Waals surface area contributed by atoms with Gasteiger partial charge in [-0.3, -0.25) is 11.3 Å². The van der Waals surface area contributed by atoms with E-state index in [9.17, 15) is 12.8 Å². The molecule has 0 saturated carbocycles. The molecule has 0 radical (unpaired) electrons. The van der Waals surface area contributed by atoms with E-state index in [0.29, 0.717) is 23.4 Å². The minimum atomic E-state index is -3.01. The van der Waals surface area contributed by atoms with Crippen LogP contribution in [0.3, 0.4) is 0 Å². The van der Waals surface area contributed by atoms with Gasteiger partial charge < -0.3 is 0 Å². The van der Waals surface area contributed by atoms with Crippen molar-refractivity contribution < 1.29 is 12.8 Å². The van der Waals surface area contributed by atoms with Crippen molar-refractivity contribution in [3.8, 4) is 0 Å². The number of hydrazine groups is 1. The topological polar surface area (TPSA) is 72.2 Å². The Morgan fingerprint density at radius 2 is 2.16 bits per heavy atom. The van der Waals surface area contributed by atoms with Crippen LogP contribution in [0, 0.1) is 5.82 Å². The van der Waals surface area contributed by atoms with Gasteiger partial charge in [-0.15, -0.1) is 0 Å². The van der Waals surface area contributed by atoms with Gasteiger partial charge in [0.15, 0.2) is 0 Å². The lowest BCUT2D eigenvalue weighted by molar-refractivity contribution is 0.480. The summed E-state index contributed by atoms with van der Waals surface area (Å²) in [7, 11) is -3.01. The van der Waals surface area contributed by atoms with Gasteiger partial charge in [0.1, 0.15) is 15.7 Å². The fourth-order valence-electron chi connectivity index (χ4n) is 1.76. The van der Waals surface area contributed by atoms with Crippen molar-refractivity contribution in [2.45, 2.75) is 25.8 Å². The fraction of sp³-hybridized carbons (Fsp3) is 0.500. The molecule has 19 heavy (non-hydrogen) atoms. The molecule has 0 aliphatic rings. The number of sulfone groups is 1. The molecule has 3 N–H and O–H groups in total. The predicted molar refractivity (Wildman–Crippen MR) is 75.0 cm³/mol. The van der Waals surface area contributed by atoms with Crippen molar-refractivity contribution in [3.63, 3.8) is 0 Å². The highest BCUT2D eigenvalue weighted by atomic mass is 35.5. The summed E-state index contributed by atoms with van der Waals surface area (Å²) in [6.07, 6.45) is 0.837. The molecule has 1 aromatic rings. The fourth-order valence-corrected chi connectivity index (χ4v) is 2.84. The Bertz CT molecular complexity index is 522. The smallest absolute Gasteiger partial charge is 0.150 e. The molecule has 1 unspecified atom stereocenters. The first kappa shape index (κ1) is 16.4. The van der Waals surface area contributed by atoms with Crippen LogP contribution in [0.15, 0.2) is 18.2 Å². The van der Waals surface area contributed by atoms with Gasteiger partial charge in [0.2, 0.25) is 0 Å². The Balaban J connectivity index is 2.71. The highest BCUT2D eigenvalue weighted by Gasteiger charge is 2.16. The average Bonchev–Trinajstić information content (AvgIpc) is 2.38. The molecule has 108 valence electrons. The van der Waals surface area contributed by atoms with Crippen molar-refractivity contribution in [3.05, 3.63) is 34.6 Å². The number of benzene rings is 1. The monoisotopic (exact) mass is 308 g/mol. The summed E-state index contributed by atoms with van der Waals surface area (Å²) in [5.74, 6) is 5.17. The molecule has 0 amide bonds. The number of nitrogens with two attached hydrogens (primary N) is 1. The van der Waals surface area contributed by atoms with Crippen LogP contribution in [-0.2, 0) is 9.84 Å². The summed E-state index contributed by atoms with van der Waals surface area (Å²) < 4.78 is 36.4. The van der Waals surface area contributed by atoms with Gasteiger partial charge in [-0.2, -0.15) is 0 Å². The lowest BCUT2D eigenvalue weighted by atomic mass is 10.0. The second kappa shape index (κ2) is 7.19. The molecular formula is C12H18ClFN2O2S. The van der Waals surface area contributed by atoms with E-state index in [0.717, 1.165) is 0 Å².